The van der Waals surface area contributed by atoms with Crippen molar-refractivity contribution in [1.29, 1.82) is 0 Å². The molecular formula is C59H62N2O. The third kappa shape index (κ3) is 10.4. The highest BCUT2D eigenvalue weighted by atomic mass is 16.5. The Morgan fingerprint density at radius 1 is 0.806 bits per heavy atom. The number of ether oxygens (including phenoxy) is 1. The normalized spacial score (nSPS) is 16.0. The van der Waals surface area contributed by atoms with Crippen molar-refractivity contribution in [2.45, 2.75) is 66.2 Å². The van der Waals surface area contributed by atoms with Crippen LogP contribution in [0.15, 0.2) is 189 Å². The molecule has 0 radical (unpaired) electrons. The van der Waals surface area contributed by atoms with Crippen molar-refractivity contribution in [3.8, 4) is 11.1 Å². The van der Waals surface area contributed by atoms with Crippen LogP contribution in [0.5, 0.6) is 0 Å². The number of methoxy groups -OCH3 is 1. The molecule has 3 aliphatic rings. The lowest BCUT2D eigenvalue weighted by atomic mass is 9.88. The molecule has 0 saturated heterocycles. The number of aromatic nitrogens is 1. The molecular weight excluding hydrogens is 753 g/mol. The van der Waals surface area contributed by atoms with Crippen molar-refractivity contribution in [2.75, 3.05) is 12.0 Å². The predicted molar refractivity (Wildman–Crippen MR) is 273 cm³/mol. The van der Waals surface area contributed by atoms with Crippen LogP contribution in [0.2, 0.25) is 0 Å². The van der Waals surface area contributed by atoms with Gasteiger partial charge in [0.05, 0.1) is 12.8 Å². The number of allylic oxidation sites excluding steroid dienone is 17. The number of rotatable bonds is 14. The van der Waals surface area contributed by atoms with Crippen LogP contribution < -0.4 is 4.90 Å². The van der Waals surface area contributed by atoms with Gasteiger partial charge in [0.25, 0.3) is 0 Å². The summed E-state index contributed by atoms with van der Waals surface area (Å²) in [4.78, 5) is 2.30. The van der Waals surface area contributed by atoms with E-state index in [1.807, 2.05) is 52.0 Å². The van der Waals surface area contributed by atoms with Crippen molar-refractivity contribution in [1.82, 2.24) is 4.57 Å². The van der Waals surface area contributed by atoms with E-state index in [2.05, 4.69) is 181 Å². The van der Waals surface area contributed by atoms with Crippen molar-refractivity contribution >= 4 is 46.9 Å². The number of nitrogens with zero attached hydrogens (tertiary/aromatic N) is 2. The average molecular weight is 815 g/mol. The molecule has 2 aliphatic carbocycles. The summed E-state index contributed by atoms with van der Waals surface area (Å²) in [7, 11) is 1.73. The minimum absolute atomic E-state index is 0.778. The van der Waals surface area contributed by atoms with Gasteiger partial charge in [-0.25, -0.2) is 0 Å². The van der Waals surface area contributed by atoms with Gasteiger partial charge in [-0.3, -0.25) is 0 Å². The molecule has 0 N–H and O–H groups in total. The fraction of sp³-hybridized carbons (Fsp3) is 0.186. The zero-order chi connectivity index (χ0) is 43.8. The molecule has 1 aliphatic heterocycles. The van der Waals surface area contributed by atoms with Crippen molar-refractivity contribution < 1.29 is 4.74 Å². The Labute approximate surface area is 371 Å². The summed E-state index contributed by atoms with van der Waals surface area (Å²) in [5.41, 5.74) is 17.6. The highest BCUT2D eigenvalue weighted by Gasteiger charge is 2.25. The first-order valence-corrected chi connectivity index (χ1v) is 22.1. The van der Waals surface area contributed by atoms with E-state index in [0.29, 0.717) is 0 Å². The molecule has 1 aromatic heterocycles. The van der Waals surface area contributed by atoms with Gasteiger partial charge in [0, 0.05) is 51.7 Å². The lowest BCUT2D eigenvalue weighted by Gasteiger charge is -2.27. The molecule has 0 unspecified atom stereocenters. The third-order valence-corrected chi connectivity index (χ3v) is 11.3. The largest absolute Gasteiger partial charge is 0.496 e. The Balaban J connectivity index is 0.00000316. The minimum atomic E-state index is 0.778. The molecule has 314 valence electrons. The van der Waals surface area contributed by atoms with Gasteiger partial charge < -0.3 is 14.2 Å². The van der Waals surface area contributed by atoms with E-state index in [0.717, 1.165) is 89.1 Å². The molecule has 3 aromatic carbocycles. The van der Waals surface area contributed by atoms with Gasteiger partial charge >= 0.3 is 0 Å². The van der Waals surface area contributed by atoms with Crippen LogP contribution in [0.25, 0.3) is 46.7 Å². The Bertz CT molecular complexity index is 2580. The molecule has 3 heteroatoms. The molecule has 2 heterocycles. The van der Waals surface area contributed by atoms with Crippen molar-refractivity contribution in [2.24, 2.45) is 0 Å². The van der Waals surface area contributed by atoms with Crippen molar-refractivity contribution in [3.05, 3.63) is 228 Å². The smallest absolute Gasteiger partial charge is 0.127 e. The fourth-order valence-corrected chi connectivity index (χ4v) is 8.29. The molecule has 0 saturated carbocycles. The first-order chi connectivity index (χ1) is 30.4. The number of anilines is 2. The van der Waals surface area contributed by atoms with Crippen LogP contribution in [-0.4, -0.2) is 11.7 Å². The third-order valence-electron chi connectivity index (χ3n) is 11.3. The second-order valence-corrected chi connectivity index (χ2v) is 15.2. The lowest BCUT2D eigenvalue weighted by molar-refractivity contribution is 0.304. The molecule has 0 amide bonds. The number of hydrogen-bond acceptors (Lipinski definition) is 2. The minimum Gasteiger partial charge on any atom is -0.496 e. The first kappa shape index (κ1) is 44.7. The molecule has 0 fully saturated rings. The van der Waals surface area contributed by atoms with E-state index in [1.165, 1.54) is 39.2 Å². The summed E-state index contributed by atoms with van der Waals surface area (Å²) in [6.45, 7) is 21.1. The van der Waals surface area contributed by atoms with E-state index < -0.39 is 0 Å². The Hall–Kier alpha value is -6.84. The Morgan fingerprint density at radius 3 is 2.39 bits per heavy atom. The fourth-order valence-electron chi connectivity index (χ4n) is 8.29. The van der Waals surface area contributed by atoms with Gasteiger partial charge in [-0.05, 0) is 140 Å². The molecule has 0 atom stereocenters. The van der Waals surface area contributed by atoms with E-state index in [1.54, 1.807) is 7.11 Å². The van der Waals surface area contributed by atoms with E-state index in [4.69, 9.17) is 4.74 Å². The van der Waals surface area contributed by atoms with Gasteiger partial charge in [-0.2, -0.15) is 0 Å². The zero-order valence-corrected chi connectivity index (χ0v) is 37.4. The summed E-state index contributed by atoms with van der Waals surface area (Å²) in [5.74, 6) is 0.778. The molecule has 0 spiro atoms. The van der Waals surface area contributed by atoms with E-state index >= 15 is 0 Å². The SMILES string of the molecule is C=C/C(C(=C)CC/C=C\C)=C(\C=C/n1c2c(c3c1CCC(c1ccc4c(c1)C(=C)/C=C\C=C/N4c1cc(/C=C/C=C\C=C/C)cc(-c4ccccc4)c1)=C3)C=CCC2)OC.CC. The maximum Gasteiger partial charge on any atom is 0.127 e. The predicted octanol–water partition coefficient (Wildman–Crippen LogP) is 16.5. The van der Waals surface area contributed by atoms with Crippen LogP contribution in [0.4, 0.5) is 11.4 Å². The molecule has 3 nitrogen and oxygen atoms in total. The van der Waals surface area contributed by atoms with Gasteiger partial charge in [0.1, 0.15) is 5.76 Å². The molecule has 4 aromatic rings. The summed E-state index contributed by atoms with van der Waals surface area (Å²) in [6.07, 6.45) is 44.0. The summed E-state index contributed by atoms with van der Waals surface area (Å²) >= 11 is 0. The second kappa shape index (κ2) is 22.1. The number of fused-ring (bicyclic) bond motifs is 4. The summed E-state index contributed by atoms with van der Waals surface area (Å²) in [6, 6.07) is 24.3. The summed E-state index contributed by atoms with van der Waals surface area (Å²) in [5, 5.41) is 0. The van der Waals surface area contributed by atoms with Crippen LogP contribution in [0, 0.1) is 0 Å². The molecule has 0 bridgehead atoms. The Kier molecular flexibility index (Phi) is 16.0. The average Bonchev–Trinajstić information content (AvgIpc) is 3.63. The monoisotopic (exact) mass is 814 g/mol. The maximum absolute atomic E-state index is 5.93. The number of benzene rings is 3. The Morgan fingerprint density at radius 2 is 1.61 bits per heavy atom. The highest BCUT2D eigenvalue weighted by molar-refractivity contribution is 5.93. The number of hydrogen-bond donors (Lipinski definition) is 0. The van der Waals surface area contributed by atoms with Crippen LogP contribution in [0.1, 0.15) is 92.6 Å². The van der Waals surface area contributed by atoms with Crippen LogP contribution >= 0.6 is 0 Å². The lowest BCUT2D eigenvalue weighted by Crippen LogP contribution is -2.12. The standard InChI is InChI=1S/C57H56N2O.C2H6/c1-7-10-12-13-16-25-44-37-48(45-26-17-14-18-27-45)39-49(38-44)58-35-22-21-24-43(5)52-40-46(30-32-55(52)58)47-31-33-56-53(41-47)51-28-19-20-29-54(51)59(56)36-34-57(60-6)50(9-3)42(4)23-15-11-8-2;1-2/h7-14,16-19,21-22,24-28,30,32,34-41H,3-5,15,20,23,29,31,33H2,1-2,6H3;1-2H3/b10-7-,11-8-,13-12-,24-21-,25-16+,35-22-,36-34-,57-50-;. The van der Waals surface area contributed by atoms with Crippen LogP contribution in [-0.2, 0) is 17.6 Å². The first-order valence-electron chi connectivity index (χ1n) is 22.1. The summed E-state index contributed by atoms with van der Waals surface area (Å²) < 4.78 is 8.34. The van der Waals surface area contributed by atoms with Gasteiger partial charge in [0.15, 0.2) is 0 Å². The van der Waals surface area contributed by atoms with Crippen LogP contribution in [0.3, 0.4) is 0 Å². The van der Waals surface area contributed by atoms with Crippen molar-refractivity contribution in [3.63, 3.8) is 0 Å². The quantitative estimate of drug-likeness (QED) is 0.0717. The topological polar surface area (TPSA) is 17.4 Å². The van der Waals surface area contributed by atoms with Gasteiger partial charge in [-0.15, -0.1) is 0 Å². The molecule has 62 heavy (non-hydrogen) atoms. The zero-order valence-electron chi connectivity index (χ0n) is 37.4. The van der Waals surface area contributed by atoms with Gasteiger partial charge in [0.2, 0.25) is 0 Å². The van der Waals surface area contributed by atoms with Gasteiger partial charge in [-0.1, -0.05) is 149 Å². The maximum atomic E-state index is 5.93. The second-order valence-electron chi connectivity index (χ2n) is 15.2. The van der Waals surface area contributed by atoms with E-state index in [9.17, 15) is 0 Å². The van der Waals surface area contributed by atoms with E-state index in [-0.39, 0.29) is 0 Å². The highest BCUT2D eigenvalue weighted by Crippen LogP contribution is 2.42. The molecule has 7 rings (SSSR count).